The van der Waals surface area contributed by atoms with E-state index >= 15 is 0 Å². The summed E-state index contributed by atoms with van der Waals surface area (Å²) >= 11 is 0. The Bertz CT molecular complexity index is 958. The van der Waals surface area contributed by atoms with Gasteiger partial charge in [0.2, 0.25) is 0 Å². The highest BCUT2D eigenvalue weighted by Crippen LogP contribution is 2.58. The molecule has 0 radical (unpaired) electrons. The van der Waals surface area contributed by atoms with Crippen LogP contribution >= 0.6 is 0 Å². The zero-order chi connectivity index (χ0) is 18.8. The molecule has 2 atom stereocenters. The molecule has 2 aliphatic heterocycles. The van der Waals surface area contributed by atoms with Gasteiger partial charge >= 0.3 is 5.97 Å². The smallest absolute Gasteiger partial charge is 0.313 e. The van der Waals surface area contributed by atoms with Crippen LogP contribution in [0.1, 0.15) is 65.1 Å². The van der Waals surface area contributed by atoms with Gasteiger partial charge < -0.3 is 10.0 Å². The van der Waals surface area contributed by atoms with Gasteiger partial charge in [-0.05, 0) is 43.0 Å². The topological polar surface area (TPSA) is 57.6 Å². The van der Waals surface area contributed by atoms with Crippen LogP contribution in [0.3, 0.4) is 0 Å². The van der Waals surface area contributed by atoms with Crippen molar-refractivity contribution in [3.63, 3.8) is 0 Å². The molecule has 1 aliphatic carbocycles. The maximum atomic E-state index is 13.5. The number of carbonyl (C=O) groups is 2. The number of rotatable bonds is 1. The van der Waals surface area contributed by atoms with Gasteiger partial charge in [0.15, 0.2) is 0 Å². The molecule has 1 N–H and O–H groups in total. The molecule has 4 heteroatoms. The highest BCUT2D eigenvalue weighted by Gasteiger charge is 2.60. The SMILES string of the molecule is Cc1ccc2c(c1)C1(CCCCC1)[C@@H]1[C@@H](C(=O)O)c3ccccc3C(=O)N21. The van der Waals surface area contributed by atoms with E-state index in [-0.39, 0.29) is 17.4 Å². The average Bonchev–Trinajstić information content (AvgIpc) is 2.93. The normalized spacial score (nSPS) is 25.1. The number of aryl methyl sites for hydroxylation is 1. The van der Waals surface area contributed by atoms with E-state index < -0.39 is 11.9 Å². The van der Waals surface area contributed by atoms with Gasteiger partial charge in [0.05, 0.1) is 6.04 Å². The Morgan fingerprint density at radius 1 is 1.11 bits per heavy atom. The van der Waals surface area contributed by atoms with Crippen LogP contribution in [-0.4, -0.2) is 23.0 Å². The van der Waals surface area contributed by atoms with E-state index in [0.29, 0.717) is 11.1 Å². The number of carboxylic acid groups (broad SMARTS) is 1. The molecule has 0 unspecified atom stereocenters. The lowest BCUT2D eigenvalue weighted by molar-refractivity contribution is -0.140. The maximum Gasteiger partial charge on any atom is 0.313 e. The number of hydrogen-bond acceptors (Lipinski definition) is 2. The summed E-state index contributed by atoms with van der Waals surface area (Å²) < 4.78 is 0. The number of aliphatic carboxylic acids is 1. The molecule has 4 nitrogen and oxygen atoms in total. The van der Waals surface area contributed by atoms with Gasteiger partial charge in [-0.3, -0.25) is 9.59 Å². The standard InChI is InChI=1S/C23H23NO3/c1-14-9-10-18-17(13-14)23(11-5-2-6-12-23)20-19(22(26)27)15-7-3-4-8-16(15)21(25)24(18)20/h3-4,7-10,13,19-20H,2,5-6,11-12H2,1H3,(H,26,27)/t19-,20-/m0/s1. The monoisotopic (exact) mass is 361 g/mol. The van der Waals surface area contributed by atoms with Crippen LogP contribution in [-0.2, 0) is 10.2 Å². The third-order valence-corrected chi connectivity index (χ3v) is 6.86. The first-order valence-corrected chi connectivity index (χ1v) is 9.81. The number of hydrogen-bond donors (Lipinski definition) is 1. The Morgan fingerprint density at radius 2 is 1.85 bits per heavy atom. The second kappa shape index (κ2) is 5.69. The number of anilines is 1. The number of fused-ring (bicyclic) bond motifs is 6. The van der Waals surface area contributed by atoms with Crippen molar-refractivity contribution in [3.8, 4) is 0 Å². The fourth-order valence-electron chi connectivity index (χ4n) is 5.80. The first kappa shape index (κ1) is 16.5. The predicted octanol–water partition coefficient (Wildman–Crippen LogP) is 4.41. The Hall–Kier alpha value is -2.62. The van der Waals surface area contributed by atoms with Crippen molar-refractivity contribution in [1.82, 2.24) is 0 Å². The molecular weight excluding hydrogens is 338 g/mol. The first-order chi connectivity index (χ1) is 13.0. The molecule has 3 aliphatic rings. The van der Waals surface area contributed by atoms with Gasteiger partial charge in [-0.1, -0.05) is 55.2 Å². The molecular formula is C23H23NO3. The van der Waals surface area contributed by atoms with E-state index in [4.69, 9.17) is 0 Å². The van der Waals surface area contributed by atoms with Gasteiger partial charge in [0, 0.05) is 16.7 Å². The van der Waals surface area contributed by atoms with Crippen LogP contribution in [0, 0.1) is 6.92 Å². The second-order valence-electron chi connectivity index (χ2n) is 8.26. The summed E-state index contributed by atoms with van der Waals surface area (Å²) in [6.45, 7) is 2.07. The third-order valence-electron chi connectivity index (χ3n) is 6.86. The molecule has 0 bridgehead atoms. The molecule has 2 aromatic rings. The lowest BCUT2D eigenvalue weighted by Gasteiger charge is -2.46. The van der Waals surface area contributed by atoms with Crippen molar-refractivity contribution in [3.05, 3.63) is 64.7 Å². The van der Waals surface area contributed by atoms with Gasteiger partial charge in [-0.25, -0.2) is 0 Å². The van der Waals surface area contributed by atoms with Crippen molar-refractivity contribution in [2.75, 3.05) is 4.90 Å². The molecule has 138 valence electrons. The highest BCUT2D eigenvalue weighted by molar-refractivity contribution is 6.12. The van der Waals surface area contributed by atoms with E-state index in [0.717, 1.165) is 36.9 Å². The minimum atomic E-state index is -0.834. The number of carboxylic acids is 1. The fourth-order valence-corrected chi connectivity index (χ4v) is 5.80. The summed E-state index contributed by atoms with van der Waals surface area (Å²) in [7, 11) is 0. The number of amides is 1. The van der Waals surface area contributed by atoms with Gasteiger partial charge in [0.25, 0.3) is 5.91 Å². The molecule has 2 aromatic carbocycles. The van der Waals surface area contributed by atoms with Crippen LogP contribution in [0.5, 0.6) is 0 Å². The molecule has 1 amide bonds. The lowest BCUT2D eigenvalue weighted by atomic mass is 9.61. The van der Waals surface area contributed by atoms with Crippen molar-refractivity contribution >= 4 is 17.6 Å². The second-order valence-corrected chi connectivity index (χ2v) is 8.26. The Labute approximate surface area is 158 Å². The Morgan fingerprint density at radius 3 is 2.59 bits per heavy atom. The molecule has 0 aromatic heterocycles. The van der Waals surface area contributed by atoms with Crippen molar-refractivity contribution in [1.29, 1.82) is 0 Å². The van der Waals surface area contributed by atoms with Gasteiger partial charge in [-0.15, -0.1) is 0 Å². The zero-order valence-corrected chi connectivity index (χ0v) is 15.4. The van der Waals surface area contributed by atoms with Crippen LogP contribution in [0.4, 0.5) is 5.69 Å². The lowest BCUT2D eigenvalue weighted by Crippen LogP contribution is -2.56. The van der Waals surface area contributed by atoms with Crippen LogP contribution < -0.4 is 4.90 Å². The summed E-state index contributed by atoms with van der Waals surface area (Å²) in [5, 5.41) is 10.2. The zero-order valence-electron chi connectivity index (χ0n) is 15.4. The number of carbonyl (C=O) groups excluding carboxylic acids is 1. The minimum absolute atomic E-state index is 0.0550. The first-order valence-electron chi connectivity index (χ1n) is 9.81. The molecule has 0 saturated heterocycles. The van der Waals surface area contributed by atoms with Crippen molar-refractivity contribution in [2.45, 2.75) is 56.4 Å². The van der Waals surface area contributed by atoms with Crippen LogP contribution in [0.15, 0.2) is 42.5 Å². The molecule has 5 rings (SSSR count). The summed E-state index contributed by atoms with van der Waals surface area (Å²) in [6, 6.07) is 13.2. The van der Waals surface area contributed by atoms with Crippen molar-refractivity contribution < 1.29 is 14.7 Å². The average molecular weight is 361 g/mol. The minimum Gasteiger partial charge on any atom is -0.481 e. The highest BCUT2D eigenvalue weighted by atomic mass is 16.4. The van der Waals surface area contributed by atoms with Crippen molar-refractivity contribution in [2.24, 2.45) is 0 Å². The van der Waals surface area contributed by atoms with E-state index in [9.17, 15) is 14.7 Å². The summed E-state index contributed by atoms with van der Waals surface area (Å²) in [5.74, 6) is -1.58. The molecule has 2 heterocycles. The Balaban J connectivity index is 1.81. The van der Waals surface area contributed by atoms with Gasteiger partial charge in [0.1, 0.15) is 5.92 Å². The van der Waals surface area contributed by atoms with Crippen LogP contribution in [0.25, 0.3) is 0 Å². The van der Waals surface area contributed by atoms with E-state index in [1.165, 1.54) is 12.0 Å². The largest absolute Gasteiger partial charge is 0.481 e. The van der Waals surface area contributed by atoms with E-state index in [1.54, 1.807) is 6.07 Å². The summed E-state index contributed by atoms with van der Waals surface area (Å²) in [6.07, 6.45) is 5.24. The molecule has 1 spiro atoms. The van der Waals surface area contributed by atoms with Crippen LogP contribution in [0.2, 0.25) is 0 Å². The van der Waals surface area contributed by atoms with Gasteiger partial charge in [-0.2, -0.15) is 0 Å². The number of benzene rings is 2. The Kier molecular flexibility index (Phi) is 3.48. The summed E-state index contributed by atoms with van der Waals surface area (Å²) in [4.78, 5) is 27.8. The molecule has 27 heavy (non-hydrogen) atoms. The van der Waals surface area contributed by atoms with E-state index in [1.807, 2.05) is 35.2 Å². The predicted molar refractivity (Wildman–Crippen MR) is 103 cm³/mol. The maximum absolute atomic E-state index is 13.5. The molecule has 1 fully saturated rings. The fraction of sp³-hybridized carbons (Fsp3) is 0.391. The quantitative estimate of drug-likeness (QED) is 0.819. The number of nitrogens with zero attached hydrogens (tertiary/aromatic N) is 1. The third kappa shape index (κ3) is 2.10. The van der Waals surface area contributed by atoms with E-state index in [2.05, 4.69) is 13.0 Å². The molecule has 1 saturated carbocycles. The summed E-state index contributed by atoms with van der Waals surface area (Å²) in [5.41, 5.74) is 4.20.